The quantitative estimate of drug-likeness (QED) is 0.534. The Bertz CT molecular complexity index is 285. The summed E-state index contributed by atoms with van der Waals surface area (Å²) >= 11 is 0. The van der Waals surface area contributed by atoms with E-state index in [1.165, 1.54) is 11.1 Å². The van der Waals surface area contributed by atoms with Gasteiger partial charge in [-0.15, -0.1) is 0 Å². The molecule has 0 amide bonds. The van der Waals surface area contributed by atoms with Gasteiger partial charge in [0.1, 0.15) is 5.76 Å². The van der Waals surface area contributed by atoms with E-state index in [-0.39, 0.29) is 0 Å². The van der Waals surface area contributed by atoms with Crippen molar-refractivity contribution in [3.8, 4) is 0 Å². The van der Waals surface area contributed by atoms with E-state index in [0.717, 1.165) is 5.76 Å². The molecule has 1 aliphatic heterocycles. The summed E-state index contributed by atoms with van der Waals surface area (Å²) in [4.78, 5) is 4.21. The van der Waals surface area contributed by atoms with Crippen molar-refractivity contribution in [2.75, 3.05) is 0 Å². The lowest BCUT2D eigenvalue weighted by Crippen LogP contribution is -1.84. The molecule has 1 unspecified atom stereocenters. The van der Waals surface area contributed by atoms with E-state index in [4.69, 9.17) is 4.42 Å². The van der Waals surface area contributed by atoms with Gasteiger partial charge in [0.25, 0.3) is 0 Å². The highest BCUT2D eigenvalue weighted by molar-refractivity contribution is 5.82. The Labute approximate surface area is 59.6 Å². The SMILES string of the molecule is Cc1coc2c1C(C)N=C2. The first-order valence-electron chi connectivity index (χ1n) is 3.40. The lowest BCUT2D eigenvalue weighted by Gasteiger charge is -1.97. The van der Waals surface area contributed by atoms with Gasteiger partial charge in [0, 0.05) is 5.56 Å². The predicted molar refractivity (Wildman–Crippen MR) is 39.5 cm³/mol. The van der Waals surface area contributed by atoms with Crippen molar-refractivity contribution in [2.24, 2.45) is 4.99 Å². The zero-order chi connectivity index (χ0) is 7.14. The summed E-state index contributed by atoms with van der Waals surface area (Å²) in [7, 11) is 0. The molecule has 2 heteroatoms. The van der Waals surface area contributed by atoms with E-state index >= 15 is 0 Å². The van der Waals surface area contributed by atoms with Crippen LogP contribution in [0.3, 0.4) is 0 Å². The number of hydrogen-bond donors (Lipinski definition) is 0. The summed E-state index contributed by atoms with van der Waals surface area (Å²) < 4.78 is 5.23. The molecule has 1 aromatic rings. The molecule has 0 fully saturated rings. The van der Waals surface area contributed by atoms with Crippen LogP contribution >= 0.6 is 0 Å². The van der Waals surface area contributed by atoms with Crippen LogP contribution in [0.15, 0.2) is 15.7 Å². The van der Waals surface area contributed by atoms with Crippen molar-refractivity contribution in [1.82, 2.24) is 0 Å². The van der Waals surface area contributed by atoms with Crippen LogP contribution in [0.4, 0.5) is 0 Å². The van der Waals surface area contributed by atoms with Gasteiger partial charge in [-0.1, -0.05) is 0 Å². The molecular weight excluding hydrogens is 126 g/mol. The van der Waals surface area contributed by atoms with Crippen LogP contribution in [0, 0.1) is 6.92 Å². The fourth-order valence-electron chi connectivity index (χ4n) is 1.36. The predicted octanol–water partition coefficient (Wildman–Crippen LogP) is 2.08. The molecule has 2 nitrogen and oxygen atoms in total. The Hall–Kier alpha value is -1.05. The van der Waals surface area contributed by atoms with Crippen LogP contribution in [-0.2, 0) is 0 Å². The number of furan rings is 1. The minimum Gasteiger partial charge on any atom is -0.463 e. The molecule has 0 saturated heterocycles. The number of hydrogen-bond acceptors (Lipinski definition) is 2. The molecule has 1 atom stereocenters. The second-order valence-corrected chi connectivity index (χ2v) is 2.65. The standard InChI is InChI=1S/C8H9NO/c1-5-4-10-7-3-9-6(2)8(5)7/h3-4,6H,1-2H3. The molecule has 0 radical (unpaired) electrons. The van der Waals surface area contributed by atoms with Crippen molar-refractivity contribution in [3.05, 3.63) is 23.2 Å². The van der Waals surface area contributed by atoms with Gasteiger partial charge in [-0.25, -0.2) is 0 Å². The minimum atomic E-state index is 0.300. The molecular formula is C8H9NO. The van der Waals surface area contributed by atoms with Gasteiger partial charge in [-0.2, -0.15) is 0 Å². The fourth-order valence-corrected chi connectivity index (χ4v) is 1.36. The van der Waals surface area contributed by atoms with Crippen LogP contribution in [0.5, 0.6) is 0 Å². The highest BCUT2D eigenvalue weighted by Crippen LogP contribution is 2.29. The van der Waals surface area contributed by atoms with Gasteiger partial charge in [0.05, 0.1) is 18.5 Å². The third kappa shape index (κ3) is 0.561. The number of nitrogens with zero attached hydrogens (tertiary/aromatic N) is 1. The lowest BCUT2D eigenvalue weighted by atomic mass is 10.1. The van der Waals surface area contributed by atoms with Gasteiger partial charge in [0.2, 0.25) is 0 Å². The van der Waals surface area contributed by atoms with E-state index in [9.17, 15) is 0 Å². The molecule has 0 aromatic carbocycles. The number of rotatable bonds is 0. The highest BCUT2D eigenvalue weighted by atomic mass is 16.3. The maximum atomic E-state index is 5.23. The van der Waals surface area contributed by atoms with Crippen molar-refractivity contribution in [3.63, 3.8) is 0 Å². The van der Waals surface area contributed by atoms with Gasteiger partial charge in [-0.3, -0.25) is 4.99 Å². The first-order valence-corrected chi connectivity index (χ1v) is 3.40. The second kappa shape index (κ2) is 1.72. The molecule has 0 spiro atoms. The molecule has 2 heterocycles. The van der Waals surface area contributed by atoms with Gasteiger partial charge < -0.3 is 4.42 Å². The molecule has 0 saturated carbocycles. The number of aryl methyl sites for hydroxylation is 1. The van der Waals surface area contributed by atoms with Crippen LogP contribution in [-0.4, -0.2) is 6.21 Å². The molecule has 2 rings (SSSR count). The molecule has 1 aromatic heterocycles. The van der Waals surface area contributed by atoms with Crippen LogP contribution in [0.1, 0.15) is 29.9 Å². The Morgan fingerprint density at radius 1 is 1.60 bits per heavy atom. The number of fused-ring (bicyclic) bond motifs is 1. The Kier molecular flexibility index (Phi) is 0.982. The summed E-state index contributed by atoms with van der Waals surface area (Å²) in [6.07, 6.45) is 3.58. The maximum absolute atomic E-state index is 5.23. The number of aliphatic imine (C=N–C) groups is 1. The first kappa shape index (κ1) is 5.71. The molecule has 0 N–H and O–H groups in total. The fraction of sp³-hybridized carbons (Fsp3) is 0.375. The Morgan fingerprint density at radius 2 is 2.40 bits per heavy atom. The Balaban J connectivity index is 2.63. The average Bonchev–Trinajstić information content (AvgIpc) is 2.40. The van der Waals surface area contributed by atoms with Crippen molar-refractivity contribution >= 4 is 6.21 Å². The van der Waals surface area contributed by atoms with Crippen LogP contribution in [0.2, 0.25) is 0 Å². The first-order chi connectivity index (χ1) is 4.79. The normalized spacial score (nSPS) is 21.6. The largest absolute Gasteiger partial charge is 0.463 e. The van der Waals surface area contributed by atoms with Crippen LogP contribution in [0.25, 0.3) is 0 Å². The van der Waals surface area contributed by atoms with Crippen molar-refractivity contribution in [2.45, 2.75) is 19.9 Å². The summed E-state index contributed by atoms with van der Waals surface area (Å²) in [5.74, 6) is 0.935. The van der Waals surface area contributed by atoms with Crippen molar-refractivity contribution in [1.29, 1.82) is 0 Å². The van der Waals surface area contributed by atoms with E-state index in [2.05, 4.69) is 11.9 Å². The van der Waals surface area contributed by atoms with Gasteiger partial charge in [0.15, 0.2) is 0 Å². The smallest absolute Gasteiger partial charge is 0.150 e. The van der Waals surface area contributed by atoms with Gasteiger partial charge >= 0.3 is 0 Å². The van der Waals surface area contributed by atoms with Gasteiger partial charge in [-0.05, 0) is 19.4 Å². The van der Waals surface area contributed by atoms with E-state index in [1.54, 1.807) is 12.5 Å². The monoisotopic (exact) mass is 135 g/mol. The third-order valence-electron chi connectivity index (χ3n) is 1.89. The lowest BCUT2D eigenvalue weighted by molar-refractivity contribution is 0.557. The van der Waals surface area contributed by atoms with E-state index in [1.807, 2.05) is 6.92 Å². The van der Waals surface area contributed by atoms with E-state index in [0.29, 0.717) is 6.04 Å². The van der Waals surface area contributed by atoms with Crippen LogP contribution < -0.4 is 0 Å². The highest BCUT2D eigenvalue weighted by Gasteiger charge is 2.19. The van der Waals surface area contributed by atoms with Crippen molar-refractivity contribution < 1.29 is 4.42 Å². The third-order valence-corrected chi connectivity index (χ3v) is 1.89. The molecule has 52 valence electrons. The summed E-state index contributed by atoms with van der Waals surface area (Å²) in [5, 5.41) is 0. The molecule has 0 bridgehead atoms. The average molecular weight is 135 g/mol. The zero-order valence-corrected chi connectivity index (χ0v) is 6.09. The summed E-state index contributed by atoms with van der Waals surface area (Å²) in [6.45, 7) is 4.12. The Morgan fingerprint density at radius 3 is 3.10 bits per heavy atom. The molecule has 10 heavy (non-hydrogen) atoms. The molecule has 0 aliphatic carbocycles. The zero-order valence-electron chi connectivity index (χ0n) is 6.09. The summed E-state index contributed by atoms with van der Waals surface area (Å²) in [6, 6.07) is 0.300. The maximum Gasteiger partial charge on any atom is 0.150 e. The minimum absolute atomic E-state index is 0.300. The molecule has 1 aliphatic rings. The summed E-state index contributed by atoms with van der Waals surface area (Å²) in [5.41, 5.74) is 2.46. The topological polar surface area (TPSA) is 25.5 Å². The second-order valence-electron chi connectivity index (χ2n) is 2.65. The van der Waals surface area contributed by atoms with E-state index < -0.39 is 0 Å².